The number of rotatable bonds is 9. The van der Waals surface area contributed by atoms with E-state index in [0.717, 1.165) is 5.56 Å². The van der Waals surface area contributed by atoms with Crippen LogP contribution in [0.15, 0.2) is 42.5 Å². The van der Waals surface area contributed by atoms with Crippen molar-refractivity contribution in [3.63, 3.8) is 0 Å². The molecule has 146 valence electrons. The Morgan fingerprint density at radius 3 is 2.21 bits per heavy atom. The van der Waals surface area contributed by atoms with Gasteiger partial charge in [0, 0.05) is 17.8 Å². The Labute approximate surface area is 164 Å². The second-order valence-corrected chi connectivity index (χ2v) is 5.93. The van der Waals surface area contributed by atoms with E-state index < -0.39 is 0 Å². The molecule has 7 heteroatoms. The molecule has 0 saturated carbocycles. The number of benzene rings is 2. The van der Waals surface area contributed by atoms with Crippen molar-refractivity contribution < 1.29 is 19.1 Å². The lowest BCUT2D eigenvalue weighted by Crippen LogP contribution is -2.13. The maximum atomic E-state index is 12.2. The van der Waals surface area contributed by atoms with Crippen molar-refractivity contribution in [3.05, 3.63) is 48.0 Å². The molecule has 0 heterocycles. The van der Waals surface area contributed by atoms with Crippen LogP contribution in [-0.4, -0.2) is 25.5 Å². The van der Waals surface area contributed by atoms with Crippen LogP contribution in [0, 0.1) is 11.3 Å². The highest BCUT2D eigenvalue weighted by Crippen LogP contribution is 2.28. The molecule has 2 amide bonds. The van der Waals surface area contributed by atoms with Gasteiger partial charge in [0.25, 0.3) is 0 Å². The number of anilines is 2. The van der Waals surface area contributed by atoms with Crippen molar-refractivity contribution in [1.82, 2.24) is 0 Å². The minimum atomic E-state index is -0.370. The topological polar surface area (TPSA) is 100 Å². The Morgan fingerprint density at radius 1 is 1.00 bits per heavy atom. The summed E-state index contributed by atoms with van der Waals surface area (Å²) in [5.74, 6) is 0.841. The SMILES string of the molecule is CCOc1ccc(CCC(=O)Nc2ccc(NC(=O)CC#N)cc2)cc1OC. The summed E-state index contributed by atoms with van der Waals surface area (Å²) < 4.78 is 10.8. The summed E-state index contributed by atoms with van der Waals surface area (Å²) in [6, 6.07) is 14.1. The first-order valence-electron chi connectivity index (χ1n) is 8.92. The highest BCUT2D eigenvalue weighted by molar-refractivity contribution is 5.93. The molecular formula is C21H23N3O4. The maximum absolute atomic E-state index is 12.2. The second-order valence-electron chi connectivity index (χ2n) is 5.93. The maximum Gasteiger partial charge on any atom is 0.238 e. The van der Waals surface area contributed by atoms with Crippen molar-refractivity contribution in [3.8, 4) is 17.6 Å². The highest BCUT2D eigenvalue weighted by Gasteiger charge is 2.08. The Balaban J connectivity index is 1.87. The third-order valence-corrected chi connectivity index (χ3v) is 3.86. The summed E-state index contributed by atoms with van der Waals surface area (Å²) in [6.07, 6.45) is 0.684. The van der Waals surface area contributed by atoms with Crippen LogP contribution in [0.25, 0.3) is 0 Å². The molecule has 0 radical (unpaired) electrons. The molecule has 0 aliphatic rings. The number of hydrogen-bond acceptors (Lipinski definition) is 5. The van der Waals surface area contributed by atoms with Crippen molar-refractivity contribution in [2.24, 2.45) is 0 Å². The number of nitrogens with zero attached hydrogens (tertiary/aromatic N) is 1. The number of hydrogen-bond donors (Lipinski definition) is 2. The lowest BCUT2D eigenvalue weighted by Gasteiger charge is -2.11. The smallest absolute Gasteiger partial charge is 0.238 e. The van der Waals surface area contributed by atoms with Gasteiger partial charge < -0.3 is 20.1 Å². The molecule has 0 unspecified atom stereocenters. The zero-order valence-corrected chi connectivity index (χ0v) is 16.0. The van der Waals surface area contributed by atoms with Crippen LogP contribution in [0.1, 0.15) is 25.3 Å². The summed E-state index contributed by atoms with van der Waals surface area (Å²) in [5.41, 5.74) is 2.18. The summed E-state index contributed by atoms with van der Waals surface area (Å²) in [7, 11) is 1.58. The molecule has 0 aliphatic carbocycles. The van der Waals surface area contributed by atoms with Gasteiger partial charge in [-0.05, 0) is 55.3 Å². The molecule has 28 heavy (non-hydrogen) atoms. The molecule has 2 rings (SSSR count). The molecule has 0 aliphatic heterocycles. The molecule has 2 N–H and O–H groups in total. The molecule has 0 spiro atoms. The number of amides is 2. The first-order valence-corrected chi connectivity index (χ1v) is 8.92. The number of aryl methyl sites for hydroxylation is 1. The fourth-order valence-corrected chi connectivity index (χ4v) is 2.54. The third-order valence-electron chi connectivity index (χ3n) is 3.86. The zero-order valence-electron chi connectivity index (χ0n) is 16.0. The van der Waals surface area contributed by atoms with Gasteiger partial charge in [0.2, 0.25) is 11.8 Å². The predicted molar refractivity (Wildman–Crippen MR) is 106 cm³/mol. The van der Waals surface area contributed by atoms with Crippen molar-refractivity contribution >= 4 is 23.2 Å². The molecule has 0 aromatic heterocycles. The zero-order chi connectivity index (χ0) is 20.4. The fraction of sp³-hybridized carbons (Fsp3) is 0.286. The summed E-state index contributed by atoms with van der Waals surface area (Å²) in [6.45, 7) is 2.46. The average Bonchev–Trinajstić information content (AvgIpc) is 2.69. The monoisotopic (exact) mass is 381 g/mol. The minimum absolute atomic E-state index is 0.117. The summed E-state index contributed by atoms with van der Waals surface area (Å²) in [5, 5.41) is 13.9. The van der Waals surface area contributed by atoms with Gasteiger partial charge in [-0.25, -0.2) is 0 Å². The van der Waals surface area contributed by atoms with Gasteiger partial charge in [0.15, 0.2) is 11.5 Å². The molecule has 0 saturated heterocycles. The first kappa shape index (κ1) is 20.8. The summed E-state index contributed by atoms with van der Waals surface area (Å²) >= 11 is 0. The number of methoxy groups -OCH3 is 1. The van der Waals surface area contributed by atoms with Crippen molar-refractivity contribution in [1.29, 1.82) is 5.26 Å². The van der Waals surface area contributed by atoms with Crippen molar-refractivity contribution in [2.75, 3.05) is 24.4 Å². The van der Waals surface area contributed by atoms with Crippen molar-refractivity contribution in [2.45, 2.75) is 26.2 Å². The van der Waals surface area contributed by atoms with E-state index in [0.29, 0.717) is 42.3 Å². The Bertz CT molecular complexity index is 857. The number of ether oxygens (including phenoxy) is 2. The van der Waals surface area contributed by atoms with Crippen LogP contribution in [0.3, 0.4) is 0 Å². The van der Waals surface area contributed by atoms with Crippen LogP contribution < -0.4 is 20.1 Å². The first-order chi connectivity index (χ1) is 13.5. The van der Waals surface area contributed by atoms with Gasteiger partial charge in [0.1, 0.15) is 6.42 Å². The largest absolute Gasteiger partial charge is 0.493 e. The normalized spacial score (nSPS) is 9.89. The Kier molecular flexibility index (Phi) is 7.85. The summed E-state index contributed by atoms with van der Waals surface area (Å²) in [4.78, 5) is 23.6. The van der Waals surface area contributed by atoms with E-state index in [1.807, 2.05) is 25.1 Å². The number of carbonyl (C=O) groups is 2. The average molecular weight is 381 g/mol. The quantitative estimate of drug-likeness (QED) is 0.692. The van der Waals surface area contributed by atoms with E-state index in [1.165, 1.54) is 0 Å². The molecule has 2 aromatic rings. The van der Waals surface area contributed by atoms with Gasteiger partial charge in [-0.15, -0.1) is 0 Å². The van der Waals surface area contributed by atoms with Crippen LogP contribution >= 0.6 is 0 Å². The minimum Gasteiger partial charge on any atom is -0.493 e. The molecular weight excluding hydrogens is 358 g/mol. The van der Waals surface area contributed by atoms with Gasteiger partial charge >= 0.3 is 0 Å². The van der Waals surface area contributed by atoms with Gasteiger partial charge in [-0.2, -0.15) is 5.26 Å². The predicted octanol–water partition coefficient (Wildman–Crippen LogP) is 3.52. The highest BCUT2D eigenvalue weighted by atomic mass is 16.5. The molecule has 7 nitrogen and oxygen atoms in total. The van der Waals surface area contributed by atoms with E-state index in [9.17, 15) is 9.59 Å². The number of nitrogens with one attached hydrogen (secondary N) is 2. The van der Waals surface area contributed by atoms with E-state index >= 15 is 0 Å². The van der Waals surface area contributed by atoms with Gasteiger partial charge in [-0.1, -0.05) is 6.07 Å². The van der Waals surface area contributed by atoms with Crippen LogP contribution in [0.2, 0.25) is 0 Å². The van der Waals surface area contributed by atoms with E-state index in [1.54, 1.807) is 37.4 Å². The van der Waals surface area contributed by atoms with Gasteiger partial charge in [0.05, 0.1) is 19.8 Å². The lowest BCUT2D eigenvalue weighted by atomic mass is 10.1. The molecule has 0 atom stereocenters. The standard InChI is InChI=1S/C21H23N3O4/c1-3-28-18-10-4-15(14-19(18)27-2)5-11-20(25)23-16-6-8-17(9-7-16)24-21(26)12-13-22/h4,6-10,14H,3,5,11-12H2,1-2H3,(H,23,25)(H,24,26). The Morgan fingerprint density at radius 2 is 1.64 bits per heavy atom. The molecule has 2 aromatic carbocycles. The van der Waals surface area contributed by atoms with E-state index in [-0.39, 0.29) is 18.2 Å². The van der Waals surface area contributed by atoms with Crippen LogP contribution in [-0.2, 0) is 16.0 Å². The van der Waals surface area contributed by atoms with Crippen LogP contribution in [0.5, 0.6) is 11.5 Å². The third kappa shape index (κ3) is 6.32. The molecule has 0 fully saturated rings. The van der Waals surface area contributed by atoms with Gasteiger partial charge in [-0.3, -0.25) is 9.59 Å². The number of nitriles is 1. The van der Waals surface area contributed by atoms with Crippen LogP contribution in [0.4, 0.5) is 11.4 Å². The number of carbonyl (C=O) groups excluding carboxylic acids is 2. The van der Waals surface area contributed by atoms with E-state index in [2.05, 4.69) is 10.6 Å². The Hall–Kier alpha value is -3.53. The lowest BCUT2D eigenvalue weighted by molar-refractivity contribution is -0.116. The second kappa shape index (κ2) is 10.6. The molecule has 0 bridgehead atoms. The fourth-order valence-electron chi connectivity index (χ4n) is 2.54. The van der Waals surface area contributed by atoms with E-state index in [4.69, 9.17) is 14.7 Å².